The maximum atomic E-state index is 12.6. The van der Waals surface area contributed by atoms with Gasteiger partial charge in [-0.25, -0.2) is 0 Å². The molecule has 3 rings (SSSR count). The zero-order chi connectivity index (χ0) is 14.8. The van der Waals surface area contributed by atoms with E-state index in [0.717, 1.165) is 10.0 Å². The van der Waals surface area contributed by atoms with Crippen LogP contribution in [0.15, 0.2) is 46.9 Å². The average Bonchev–Trinajstić information content (AvgIpc) is 2.59. The highest BCUT2D eigenvalue weighted by Crippen LogP contribution is 2.24. The summed E-state index contributed by atoms with van der Waals surface area (Å²) in [4.78, 5) is 14.4. The van der Waals surface area contributed by atoms with Crippen LogP contribution in [0.3, 0.4) is 0 Å². The lowest BCUT2D eigenvalue weighted by Gasteiger charge is -2.20. The van der Waals surface area contributed by atoms with Crippen LogP contribution in [0.4, 0.5) is 5.69 Å². The number of hydrogen-bond acceptors (Lipinski definition) is 3. The Hall–Kier alpha value is -2.01. The Morgan fingerprint density at radius 2 is 2.05 bits per heavy atom. The van der Waals surface area contributed by atoms with Crippen molar-refractivity contribution in [2.24, 2.45) is 0 Å². The molecule has 2 aromatic rings. The number of benzene rings is 2. The summed E-state index contributed by atoms with van der Waals surface area (Å²) in [5.41, 5.74) is 8.13. The first-order valence-corrected chi connectivity index (χ1v) is 7.49. The fourth-order valence-electron chi connectivity index (χ4n) is 2.44. The normalized spacial score (nSPS) is 14.3. The molecule has 1 aliphatic heterocycles. The highest BCUT2D eigenvalue weighted by atomic mass is 79.9. The van der Waals surface area contributed by atoms with Gasteiger partial charge >= 0.3 is 0 Å². The van der Waals surface area contributed by atoms with Crippen molar-refractivity contribution >= 4 is 27.5 Å². The number of carbonyl (C=O) groups is 1. The Morgan fingerprint density at radius 1 is 1.24 bits per heavy atom. The van der Waals surface area contributed by atoms with Gasteiger partial charge in [-0.1, -0.05) is 28.1 Å². The molecule has 0 fully saturated rings. The topological polar surface area (TPSA) is 55.6 Å². The third kappa shape index (κ3) is 3.03. The maximum Gasteiger partial charge on any atom is 0.258 e. The number of nitrogens with zero attached hydrogens (tertiary/aromatic N) is 1. The summed E-state index contributed by atoms with van der Waals surface area (Å²) in [5, 5.41) is 0. The molecular formula is C16H15BrN2O2. The van der Waals surface area contributed by atoms with Crippen molar-refractivity contribution in [2.75, 3.05) is 18.9 Å². The number of para-hydroxylation sites is 1. The van der Waals surface area contributed by atoms with Gasteiger partial charge in [-0.2, -0.15) is 0 Å². The maximum absolute atomic E-state index is 12.6. The number of amides is 1. The summed E-state index contributed by atoms with van der Waals surface area (Å²) >= 11 is 3.43. The first-order chi connectivity index (χ1) is 10.1. The zero-order valence-electron chi connectivity index (χ0n) is 11.4. The summed E-state index contributed by atoms with van der Waals surface area (Å²) in [6.07, 6.45) is 0. The number of fused-ring (bicyclic) bond motifs is 1. The monoisotopic (exact) mass is 346 g/mol. The molecule has 4 nitrogen and oxygen atoms in total. The third-order valence-electron chi connectivity index (χ3n) is 3.38. The van der Waals surface area contributed by atoms with Crippen LogP contribution in [0.25, 0.3) is 0 Å². The molecule has 0 radical (unpaired) electrons. The molecule has 5 heteroatoms. The van der Waals surface area contributed by atoms with E-state index < -0.39 is 0 Å². The van der Waals surface area contributed by atoms with Gasteiger partial charge in [0.2, 0.25) is 0 Å². The molecule has 0 bridgehead atoms. The number of nitrogens with two attached hydrogens (primary N) is 1. The average molecular weight is 347 g/mol. The summed E-state index contributed by atoms with van der Waals surface area (Å²) in [6.45, 7) is 1.56. The lowest BCUT2D eigenvalue weighted by Crippen LogP contribution is -2.31. The third-order valence-corrected chi connectivity index (χ3v) is 3.83. The van der Waals surface area contributed by atoms with Crippen LogP contribution in [-0.4, -0.2) is 24.0 Å². The fraction of sp³-hybridized carbons (Fsp3) is 0.188. The molecule has 108 valence electrons. The molecule has 0 saturated heterocycles. The van der Waals surface area contributed by atoms with E-state index in [2.05, 4.69) is 15.9 Å². The standard InChI is InChI=1S/C16H15BrN2O2/c17-12-7-11(8-13(18)9-12)10-19-5-6-21-15-4-2-1-3-14(15)16(19)20/h1-4,7-9H,5-6,10,18H2. The van der Waals surface area contributed by atoms with Crippen molar-refractivity contribution in [1.29, 1.82) is 0 Å². The lowest BCUT2D eigenvalue weighted by molar-refractivity contribution is 0.0743. The quantitative estimate of drug-likeness (QED) is 0.850. The molecule has 21 heavy (non-hydrogen) atoms. The second-order valence-corrected chi connectivity index (χ2v) is 5.88. The van der Waals surface area contributed by atoms with Crippen LogP contribution < -0.4 is 10.5 Å². The predicted molar refractivity (Wildman–Crippen MR) is 85.2 cm³/mol. The van der Waals surface area contributed by atoms with E-state index >= 15 is 0 Å². The molecular weight excluding hydrogens is 332 g/mol. The summed E-state index contributed by atoms with van der Waals surface area (Å²) in [5.74, 6) is 0.639. The van der Waals surface area contributed by atoms with E-state index in [9.17, 15) is 4.79 Å². The summed E-state index contributed by atoms with van der Waals surface area (Å²) < 4.78 is 6.55. The second-order valence-electron chi connectivity index (χ2n) is 4.96. The number of ether oxygens (including phenoxy) is 1. The van der Waals surface area contributed by atoms with E-state index in [1.54, 1.807) is 11.0 Å². The van der Waals surface area contributed by atoms with E-state index in [0.29, 0.717) is 36.7 Å². The van der Waals surface area contributed by atoms with Crippen LogP contribution in [0, 0.1) is 0 Å². The number of nitrogen functional groups attached to an aromatic ring is 1. The number of hydrogen-bond donors (Lipinski definition) is 1. The van der Waals surface area contributed by atoms with Crippen molar-refractivity contribution in [3.8, 4) is 5.75 Å². The van der Waals surface area contributed by atoms with Gasteiger partial charge in [-0.05, 0) is 35.9 Å². The van der Waals surface area contributed by atoms with E-state index in [1.807, 2.05) is 36.4 Å². The SMILES string of the molecule is Nc1cc(Br)cc(CN2CCOc3ccccc3C2=O)c1. The van der Waals surface area contributed by atoms with Gasteiger partial charge in [0.1, 0.15) is 12.4 Å². The molecule has 2 N–H and O–H groups in total. The van der Waals surface area contributed by atoms with Gasteiger partial charge in [0.25, 0.3) is 5.91 Å². The second kappa shape index (κ2) is 5.77. The van der Waals surface area contributed by atoms with Crippen LogP contribution in [0.2, 0.25) is 0 Å². The Kier molecular flexibility index (Phi) is 3.84. The Balaban J connectivity index is 1.87. The Morgan fingerprint density at radius 3 is 2.86 bits per heavy atom. The van der Waals surface area contributed by atoms with Crippen LogP contribution in [0.5, 0.6) is 5.75 Å². The number of rotatable bonds is 2. The number of anilines is 1. The number of halogens is 1. The molecule has 0 aromatic heterocycles. The molecule has 0 atom stereocenters. The smallest absolute Gasteiger partial charge is 0.258 e. The van der Waals surface area contributed by atoms with Gasteiger partial charge in [-0.3, -0.25) is 4.79 Å². The Labute approximate surface area is 131 Å². The van der Waals surface area contributed by atoms with Crippen molar-refractivity contribution in [3.63, 3.8) is 0 Å². The highest BCUT2D eigenvalue weighted by Gasteiger charge is 2.23. The molecule has 0 unspecified atom stereocenters. The minimum Gasteiger partial charge on any atom is -0.491 e. The van der Waals surface area contributed by atoms with Crippen LogP contribution >= 0.6 is 15.9 Å². The predicted octanol–water partition coefficient (Wildman–Crippen LogP) is 3.07. The molecule has 0 spiro atoms. The Bertz CT molecular complexity index is 667. The lowest BCUT2D eigenvalue weighted by atomic mass is 10.1. The largest absolute Gasteiger partial charge is 0.491 e. The molecule has 0 saturated carbocycles. The van der Waals surface area contributed by atoms with Gasteiger partial charge < -0.3 is 15.4 Å². The minimum absolute atomic E-state index is 0.0124. The van der Waals surface area contributed by atoms with Crippen molar-refractivity contribution < 1.29 is 9.53 Å². The van der Waals surface area contributed by atoms with Crippen LogP contribution in [0.1, 0.15) is 15.9 Å². The first kappa shape index (κ1) is 13.9. The number of carbonyl (C=O) groups excluding carboxylic acids is 1. The fourth-order valence-corrected chi connectivity index (χ4v) is 3.00. The molecule has 2 aromatic carbocycles. The molecule has 1 amide bonds. The summed E-state index contributed by atoms with van der Waals surface area (Å²) in [7, 11) is 0. The van der Waals surface area contributed by atoms with E-state index in [-0.39, 0.29) is 5.91 Å². The zero-order valence-corrected chi connectivity index (χ0v) is 13.0. The van der Waals surface area contributed by atoms with Gasteiger partial charge in [0, 0.05) is 16.7 Å². The van der Waals surface area contributed by atoms with E-state index in [1.165, 1.54) is 0 Å². The van der Waals surface area contributed by atoms with Crippen molar-refractivity contribution in [2.45, 2.75) is 6.54 Å². The minimum atomic E-state index is -0.0124. The van der Waals surface area contributed by atoms with Crippen molar-refractivity contribution in [1.82, 2.24) is 4.90 Å². The molecule has 1 aliphatic rings. The van der Waals surface area contributed by atoms with Gasteiger partial charge in [-0.15, -0.1) is 0 Å². The van der Waals surface area contributed by atoms with Gasteiger partial charge in [0.05, 0.1) is 12.1 Å². The van der Waals surface area contributed by atoms with Gasteiger partial charge in [0.15, 0.2) is 0 Å². The first-order valence-electron chi connectivity index (χ1n) is 6.69. The van der Waals surface area contributed by atoms with E-state index in [4.69, 9.17) is 10.5 Å². The summed E-state index contributed by atoms with van der Waals surface area (Å²) in [6, 6.07) is 13.0. The molecule has 1 heterocycles. The highest BCUT2D eigenvalue weighted by molar-refractivity contribution is 9.10. The van der Waals surface area contributed by atoms with Crippen LogP contribution in [-0.2, 0) is 6.54 Å². The van der Waals surface area contributed by atoms with Crippen molar-refractivity contribution in [3.05, 3.63) is 58.1 Å². The molecule has 0 aliphatic carbocycles.